The lowest BCUT2D eigenvalue weighted by molar-refractivity contribution is 0.101. The predicted octanol–water partition coefficient (Wildman–Crippen LogP) is 2.47. The van der Waals surface area contributed by atoms with E-state index in [9.17, 15) is 13.5 Å². The molecule has 0 amide bonds. The van der Waals surface area contributed by atoms with Crippen molar-refractivity contribution < 1.29 is 13.5 Å². The molecule has 1 aromatic carbocycles. The molecule has 1 aromatic rings. The second-order valence-corrected chi connectivity index (χ2v) is 9.35. The molecule has 140 valence electrons. The molecule has 1 saturated carbocycles. The third kappa shape index (κ3) is 4.82. The number of aliphatic hydroxyl groups excluding tert-OH is 1. The fourth-order valence-corrected chi connectivity index (χ4v) is 5.72. The van der Waals surface area contributed by atoms with E-state index in [4.69, 9.17) is 0 Å². The third-order valence-corrected chi connectivity index (χ3v) is 7.57. The van der Waals surface area contributed by atoms with Crippen molar-refractivity contribution >= 4 is 10.2 Å². The second kappa shape index (κ2) is 8.16. The summed E-state index contributed by atoms with van der Waals surface area (Å²) >= 11 is 0. The van der Waals surface area contributed by atoms with Crippen LogP contribution in [0.3, 0.4) is 0 Å². The van der Waals surface area contributed by atoms with E-state index in [1.165, 1.54) is 32.1 Å². The van der Waals surface area contributed by atoms with Crippen molar-refractivity contribution in [3.8, 4) is 0 Å². The van der Waals surface area contributed by atoms with E-state index in [0.717, 1.165) is 18.4 Å². The summed E-state index contributed by atoms with van der Waals surface area (Å²) in [6, 6.07) is 9.18. The molecule has 2 fully saturated rings. The van der Waals surface area contributed by atoms with Crippen LogP contribution in [0.2, 0.25) is 0 Å². The molecule has 3 rings (SSSR count). The van der Waals surface area contributed by atoms with Gasteiger partial charge in [0, 0.05) is 13.1 Å². The zero-order chi connectivity index (χ0) is 17.8. The molecular weight excluding hydrogens is 336 g/mol. The van der Waals surface area contributed by atoms with Gasteiger partial charge in [0.1, 0.15) is 0 Å². The molecule has 0 bridgehead atoms. The number of hydrogen-bond acceptors (Lipinski definition) is 3. The van der Waals surface area contributed by atoms with Gasteiger partial charge in [-0.05, 0) is 43.1 Å². The highest BCUT2D eigenvalue weighted by Crippen LogP contribution is 2.44. The van der Waals surface area contributed by atoms with Gasteiger partial charge in [0.05, 0.1) is 12.6 Å². The first-order valence-corrected chi connectivity index (χ1v) is 10.9. The average Bonchev–Trinajstić information content (AvgIpc) is 2.63. The molecule has 0 unspecified atom stereocenters. The Bertz CT molecular complexity index is 632. The van der Waals surface area contributed by atoms with Crippen LogP contribution in [0.4, 0.5) is 0 Å². The summed E-state index contributed by atoms with van der Waals surface area (Å²) in [6.07, 6.45) is 8.83. The van der Waals surface area contributed by atoms with Crippen molar-refractivity contribution in [2.24, 2.45) is 5.41 Å². The van der Waals surface area contributed by atoms with Crippen LogP contribution in [0.5, 0.6) is 0 Å². The van der Waals surface area contributed by atoms with Crippen LogP contribution in [-0.2, 0) is 16.6 Å². The van der Waals surface area contributed by atoms with Crippen LogP contribution in [0, 0.1) is 5.41 Å². The summed E-state index contributed by atoms with van der Waals surface area (Å²) in [5.74, 6) is 0. The van der Waals surface area contributed by atoms with E-state index in [2.05, 4.69) is 4.72 Å². The van der Waals surface area contributed by atoms with Gasteiger partial charge < -0.3 is 5.11 Å². The predicted molar refractivity (Wildman–Crippen MR) is 99.4 cm³/mol. The van der Waals surface area contributed by atoms with Gasteiger partial charge in [-0.25, -0.2) is 0 Å². The Morgan fingerprint density at radius 1 is 1.04 bits per heavy atom. The summed E-state index contributed by atoms with van der Waals surface area (Å²) in [7, 11) is -3.55. The van der Waals surface area contributed by atoms with Crippen molar-refractivity contribution in [3.63, 3.8) is 0 Å². The number of hydrogen-bond donors (Lipinski definition) is 2. The molecule has 1 atom stereocenters. The zero-order valence-corrected chi connectivity index (χ0v) is 15.7. The maximum Gasteiger partial charge on any atom is 0.279 e. The highest BCUT2D eigenvalue weighted by Gasteiger charge is 2.39. The number of aliphatic hydroxyl groups is 1. The maximum atomic E-state index is 12.7. The molecule has 0 aromatic heterocycles. The van der Waals surface area contributed by atoms with Gasteiger partial charge in [-0.15, -0.1) is 0 Å². The molecule has 1 aliphatic heterocycles. The zero-order valence-electron chi connectivity index (χ0n) is 14.9. The lowest BCUT2D eigenvalue weighted by Crippen LogP contribution is -2.51. The number of piperidine rings is 1. The van der Waals surface area contributed by atoms with Crippen LogP contribution in [-0.4, -0.2) is 43.6 Å². The number of nitrogens with zero attached hydrogens (tertiary/aromatic N) is 1. The lowest BCUT2D eigenvalue weighted by Gasteiger charge is -2.43. The largest absolute Gasteiger partial charge is 0.395 e. The first kappa shape index (κ1) is 18.8. The molecule has 1 heterocycles. The Balaban J connectivity index is 1.57. The minimum absolute atomic E-state index is 0.202. The van der Waals surface area contributed by atoms with Crippen molar-refractivity contribution in [1.29, 1.82) is 0 Å². The molecule has 0 radical (unpaired) electrons. The number of benzene rings is 1. The van der Waals surface area contributed by atoms with Crippen molar-refractivity contribution in [2.45, 2.75) is 57.4 Å². The van der Waals surface area contributed by atoms with E-state index in [0.29, 0.717) is 24.9 Å². The van der Waals surface area contributed by atoms with Gasteiger partial charge in [-0.2, -0.15) is 17.4 Å². The SMILES string of the molecule is O=S(=O)(N[C@@H](CO)Cc1ccccc1)N1CCC2(CCCCC2)CC1. The smallest absolute Gasteiger partial charge is 0.279 e. The minimum atomic E-state index is -3.55. The standard InChI is InChI=1S/C19H30N2O3S/c22-16-18(15-17-7-3-1-4-8-17)20-25(23,24)21-13-11-19(12-14-21)9-5-2-6-10-19/h1,3-4,7-8,18,20,22H,2,5-6,9-16H2/t18-/m1/s1. The molecule has 2 N–H and O–H groups in total. The summed E-state index contributed by atoms with van der Waals surface area (Å²) in [5.41, 5.74) is 1.40. The van der Waals surface area contributed by atoms with Gasteiger partial charge in [-0.3, -0.25) is 0 Å². The normalized spacial score (nSPS) is 22.8. The maximum absolute atomic E-state index is 12.7. The van der Waals surface area contributed by atoms with Gasteiger partial charge in [0.25, 0.3) is 10.2 Å². The van der Waals surface area contributed by atoms with Crippen LogP contribution >= 0.6 is 0 Å². The monoisotopic (exact) mass is 366 g/mol. The summed E-state index contributed by atoms with van der Waals surface area (Å²) in [5, 5.41) is 9.60. The Kier molecular flexibility index (Phi) is 6.15. The first-order chi connectivity index (χ1) is 12.0. The molecule has 25 heavy (non-hydrogen) atoms. The van der Waals surface area contributed by atoms with Gasteiger partial charge in [0.2, 0.25) is 0 Å². The lowest BCUT2D eigenvalue weighted by atomic mass is 9.68. The van der Waals surface area contributed by atoms with E-state index in [-0.39, 0.29) is 6.61 Å². The average molecular weight is 367 g/mol. The first-order valence-electron chi connectivity index (χ1n) is 9.45. The Hall–Kier alpha value is -0.950. The van der Waals surface area contributed by atoms with E-state index in [1.54, 1.807) is 4.31 Å². The molecule has 6 heteroatoms. The van der Waals surface area contributed by atoms with E-state index >= 15 is 0 Å². The van der Waals surface area contributed by atoms with Crippen molar-refractivity contribution in [2.75, 3.05) is 19.7 Å². The third-order valence-electron chi connectivity index (χ3n) is 5.90. The summed E-state index contributed by atoms with van der Waals surface area (Å²) < 4.78 is 29.7. The van der Waals surface area contributed by atoms with Gasteiger partial charge in [0.15, 0.2) is 0 Å². The van der Waals surface area contributed by atoms with Crippen molar-refractivity contribution in [1.82, 2.24) is 9.03 Å². The number of nitrogens with one attached hydrogen (secondary N) is 1. The Morgan fingerprint density at radius 2 is 1.68 bits per heavy atom. The molecule has 2 aliphatic rings. The molecular formula is C19H30N2O3S. The topological polar surface area (TPSA) is 69.6 Å². The van der Waals surface area contributed by atoms with Gasteiger partial charge in [-0.1, -0.05) is 49.6 Å². The van der Waals surface area contributed by atoms with Gasteiger partial charge >= 0.3 is 0 Å². The molecule has 5 nitrogen and oxygen atoms in total. The second-order valence-electron chi connectivity index (χ2n) is 7.65. The summed E-state index contributed by atoms with van der Waals surface area (Å²) in [4.78, 5) is 0. The fraction of sp³-hybridized carbons (Fsp3) is 0.684. The highest BCUT2D eigenvalue weighted by atomic mass is 32.2. The molecule has 1 saturated heterocycles. The van der Waals surface area contributed by atoms with Crippen LogP contribution in [0.15, 0.2) is 30.3 Å². The summed E-state index contributed by atoms with van der Waals surface area (Å²) in [6.45, 7) is 0.990. The van der Waals surface area contributed by atoms with Crippen LogP contribution < -0.4 is 4.72 Å². The van der Waals surface area contributed by atoms with Crippen LogP contribution in [0.25, 0.3) is 0 Å². The highest BCUT2D eigenvalue weighted by molar-refractivity contribution is 7.87. The van der Waals surface area contributed by atoms with E-state index < -0.39 is 16.3 Å². The Morgan fingerprint density at radius 3 is 2.28 bits per heavy atom. The molecule has 1 spiro atoms. The molecule has 1 aliphatic carbocycles. The number of rotatable bonds is 6. The Labute approximate surface area is 151 Å². The van der Waals surface area contributed by atoms with E-state index in [1.807, 2.05) is 30.3 Å². The quantitative estimate of drug-likeness (QED) is 0.813. The minimum Gasteiger partial charge on any atom is -0.395 e. The van der Waals surface area contributed by atoms with Crippen LogP contribution in [0.1, 0.15) is 50.5 Å². The van der Waals surface area contributed by atoms with Crippen molar-refractivity contribution in [3.05, 3.63) is 35.9 Å². The fourth-order valence-electron chi connectivity index (χ4n) is 4.33.